The second-order valence-corrected chi connectivity index (χ2v) is 2.76. The predicted octanol–water partition coefficient (Wildman–Crippen LogP) is 3.48. The molecule has 0 bridgehead atoms. The van der Waals surface area contributed by atoms with Crippen molar-refractivity contribution in [2.24, 2.45) is 0 Å². The van der Waals surface area contributed by atoms with Gasteiger partial charge in [0.1, 0.15) is 0 Å². The van der Waals surface area contributed by atoms with Crippen LogP contribution in [-0.2, 0) is 0 Å². The first-order valence-electron chi connectivity index (χ1n) is 4.85. The smallest absolute Gasteiger partial charge is 0.212 e. The van der Waals surface area contributed by atoms with Crippen molar-refractivity contribution in [2.75, 3.05) is 0 Å². The fraction of sp³-hybridized carbons (Fsp3) is 0.250. The fourth-order valence-electron chi connectivity index (χ4n) is 1.50. The van der Waals surface area contributed by atoms with Crippen molar-refractivity contribution in [3.8, 4) is 0 Å². The topological polar surface area (TPSA) is 33.1 Å². The second kappa shape index (κ2) is 4.64. The van der Waals surface area contributed by atoms with Crippen molar-refractivity contribution in [1.82, 2.24) is 14.4 Å². The average Bonchev–Trinajstić information content (AvgIpc) is 2.80. The van der Waals surface area contributed by atoms with Crippen molar-refractivity contribution in [1.29, 1.82) is 0 Å². The standard InChI is InChI=1S/C9H7N3.C2H6.CH4/c1-2-4-8-7(3-1)11-9-10-5-6-12(8)9;1-2;/h1-6H,(H,10,11);1-2H3;1H4. The summed E-state index contributed by atoms with van der Waals surface area (Å²) < 4.78 is 2.04. The number of para-hydroxylation sites is 2. The van der Waals surface area contributed by atoms with Gasteiger partial charge in [-0.3, -0.25) is 4.40 Å². The number of fused-ring (bicyclic) bond motifs is 3. The van der Waals surface area contributed by atoms with Crippen molar-refractivity contribution >= 4 is 16.8 Å². The van der Waals surface area contributed by atoms with E-state index in [1.807, 2.05) is 42.6 Å². The van der Waals surface area contributed by atoms with E-state index in [2.05, 4.69) is 16.0 Å². The van der Waals surface area contributed by atoms with Crippen LogP contribution in [0.4, 0.5) is 0 Å². The molecule has 1 aromatic carbocycles. The summed E-state index contributed by atoms with van der Waals surface area (Å²) in [5.41, 5.74) is 2.30. The maximum Gasteiger partial charge on any atom is 0.212 e. The van der Waals surface area contributed by atoms with Crippen LogP contribution in [0.3, 0.4) is 0 Å². The third kappa shape index (κ3) is 1.73. The number of nitrogens with one attached hydrogen (secondary N) is 1. The number of hydrogen-bond acceptors (Lipinski definition) is 1. The zero-order chi connectivity index (χ0) is 9.97. The number of H-pyrrole nitrogens is 1. The predicted molar refractivity (Wildman–Crippen MR) is 65.1 cm³/mol. The van der Waals surface area contributed by atoms with Gasteiger partial charge in [0, 0.05) is 12.4 Å². The molecule has 80 valence electrons. The average molecular weight is 203 g/mol. The molecule has 0 radical (unpaired) electrons. The Morgan fingerprint density at radius 2 is 1.93 bits per heavy atom. The number of aromatic nitrogens is 3. The van der Waals surface area contributed by atoms with Gasteiger partial charge < -0.3 is 4.98 Å². The lowest BCUT2D eigenvalue weighted by atomic mass is 10.3. The first kappa shape index (κ1) is 11.3. The Labute approximate surface area is 89.8 Å². The van der Waals surface area contributed by atoms with Gasteiger partial charge in [-0.05, 0) is 12.1 Å². The quantitative estimate of drug-likeness (QED) is 0.596. The largest absolute Gasteiger partial charge is 0.323 e. The van der Waals surface area contributed by atoms with Crippen LogP contribution in [0.1, 0.15) is 21.3 Å². The molecule has 15 heavy (non-hydrogen) atoms. The number of hydrogen-bond donors (Lipinski definition) is 1. The maximum atomic E-state index is 4.16. The van der Waals surface area contributed by atoms with Crippen LogP contribution in [0.25, 0.3) is 16.8 Å². The van der Waals surface area contributed by atoms with E-state index in [9.17, 15) is 0 Å². The third-order valence-corrected chi connectivity index (χ3v) is 2.05. The minimum atomic E-state index is 0. The molecule has 0 aliphatic rings. The molecule has 2 heterocycles. The molecule has 0 aliphatic carbocycles. The molecule has 3 aromatic rings. The van der Waals surface area contributed by atoms with Gasteiger partial charge >= 0.3 is 0 Å². The highest BCUT2D eigenvalue weighted by atomic mass is 15.1. The Bertz CT molecular complexity index is 533. The monoisotopic (exact) mass is 203 g/mol. The molecule has 0 atom stereocenters. The summed E-state index contributed by atoms with van der Waals surface area (Å²) in [6.07, 6.45) is 3.74. The van der Waals surface area contributed by atoms with E-state index in [-0.39, 0.29) is 7.43 Å². The van der Waals surface area contributed by atoms with Crippen LogP contribution in [0.5, 0.6) is 0 Å². The lowest BCUT2D eigenvalue weighted by Gasteiger charge is -1.86. The molecule has 3 rings (SSSR count). The van der Waals surface area contributed by atoms with Crippen molar-refractivity contribution < 1.29 is 0 Å². The van der Waals surface area contributed by atoms with Gasteiger partial charge in [0.2, 0.25) is 5.78 Å². The van der Waals surface area contributed by atoms with Crippen LogP contribution in [0.15, 0.2) is 36.7 Å². The highest BCUT2D eigenvalue weighted by molar-refractivity contribution is 5.79. The van der Waals surface area contributed by atoms with Gasteiger partial charge in [-0.2, -0.15) is 0 Å². The van der Waals surface area contributed by atoms with E-state index in [0.717, 1.165) is 11.3 Å². The van der Waals surface area contributed by atoms with Crippen LogP contribution in [-0.4, -0.2) is 14.4 Å². The SMILES string of the molecule is C.CC.c1ccc2c(c1)[nH]c1nccn12. The lowest BCUT2D eigenvalue weighted by Crippen LogP contribution is -1.74. The summed E-state index contributed by atoms with van der Waals surface area (Å²) in [5, 5.41) is 0. The van der Waals surface area contributed by atoms with Gasteiger partial charge in [0.05, 0.1) is 11.0 Å². The van der Waals surface area contributed by atoms with E-state index in [0.29, 0.717) is 0 Å². The zero-order valence-electron chi connectivity index (χ0n) is 8.36. The number of rotatable bonds is 0. The third-order valence-electron chi connectivity index (χ3n) is 2.05. The molecule has 0 aliphatic heterocycles. The van der Waals surface area contributed by atoms with Gasteiger partial charge in [-0.15, -0.1) is 0 Å². The number of aromatic amines is 1. The molecule has 0 spiro atoms. The summed E-state index contributed by atoms with van der Waals surface area (Å²) in [6.45, 7) is 4.00. The molecular weight excluding hydrogens is 186 g/mol. The summed E-state index contributed by atoms with van der Waals surface area (Å²) in [4.78, 5) is 7.37. The van der Waals surface area contributed by atoms with Gasteiger partial charge in [0.25, 0.3) is 0 Å². The number of imidazole rings is 2. The van der Waals surface area contributed by atoms with Crippen LogP contribution in [0, 0.1) is 0 Å². The highest BCUT2D eigenvalue weighted by Crippen LogP contribution is 2.13. The molecule has 0 fully saturated rings. The number of benzene rings is 1. The Morgan fingerprint density at radius 1 is 1.20 bits per heavy atom. The summed E-state index contributed by atoms with van der Waals surface area (Å²) >= 11 is 0. The fourth-order valence-corrected chi connectivity index (χ4v) is 1.50. The Morgan fingerprint density at radius 3 is 2.73 bits per heavy atom. The maximum absolute atomic E-state index is 4.16. The first-order valence-corrected chi connectivity index (χ1v) is 4.85. The highest BCUT2D eigenvalue weighted by Gasteiger charge is 2.00. The van der Waals surface area contributed by atoms with Crippen LogP contribution >= 0.6 is 0 Å². The van der Waals surface area contributed by atoms with E-state index >= 15 is 0 Å². The molecule has 1 N–H and O–H groups in total. The summed E-state index contributed by atoms with van der Waals surface area (Å²) in [5.74, 6) is 0.899. The zero-order valence-corrected chi connectivity index (χ0v) is 8.36. The van der Waals surface area contributed by atoms with Crippen LogP contribution < -0.4 is 0 Å². The molecule has 0 saturated heterocycles. The van der Waals surface area contributed by atoms with E-state index in [1.54, 1.807) is 6.20 Å². The molecule has 2 aromatic heterocycles. The van der Waals surface area contributed by atoms with Crippen LogP contribution in [0.2, 0.25) is 0 Å². The summed E-state index contributed by atoms with van der Waals surface area (Å²) in [7, 11) is 0. The molecular formula is C12H17N3. The van der Waals surface area contributed by atoms with Crippen molar-refractivity contribution in [3.05, 3.63) is 36.7 Å². The van der Waals surface area contributed by atoms with E-state index in [1.165, 1.54) is 5.52 Å². The van der Waals surface area contributed by atoms with Gasteiger partial charge in [-0.25, -0.2) is 4.98 Å². The second-order valence-electron chi connectivity index (χ2n) is 2.76. The minimum Gasteiger partial charge on any atom is -0.323 e. The number of nitrogens with zero attached hydrogens (tertiary/aromatic N) is 2. The van der Waals surface area contributed by atoms with Gasteiger partial charge in [-0.1, -0.05) is 33.4 Å². The Kier molecular flexibility index (Phi) is 3.50. The normalized spacial score (nSPS) is 9.47. The molecule has 0 saturated carbocycles. The Balaban J connectivity index is 0.000000356. The molecule has 3 nitrogen and oxygen atoms in total. The summed E-state index contributed by atoms with van der Waals surface area (Å²) in [6, 6.07) is 8.15. The van der Waals surface area contributed by atoms with E-state index < -0.39 is 0 Å². The van der Waals surface area contributed by atoms with E-state index in [4.69, 9.17) is 0 Å². The first-order chi connectivity index (χ1) is 6.95. The lowest BCUT2D eigenvalue weighted by molar-refractivity contribution is 1.25. The minimum absolute atomic E-state index is 0. The van der Waals surface area contributed by atoms with Crippen molar-refractivity contribution in [3.63, 3.8) is 0 Å². The van der Waals surface area contributed by atoms with Gasteiger partial charge in [0.15, 0.2) is 0 Å². The molecule has 0 unspecified atom stereocenters. The molecule has 0 amide bonds. The Hall–Kier alpha value is -1.77. The van der Waals surface area contributed by atoms with Crippen molar-refractivity contribution in [2.45, 2.75) is 21.3 Å². The molecule has 3 heteroatoms.